The molecule has 6 nitrogen and oxygen atoms in total. The maximum Gasteiger partial charge on any atom is 0.250 e. The van der Waals surface area contributed by atoms with Crippen molar-refractivity contribution >= 4 is 16.9 Å². The highest BCUT2D eigenvalue weighted by molar-refractivity contribution is 6.04. The van der Waals surface area contributed by atoms with Crippen molar-refractivity contribution in [2.75, 3.05) is 13.2 Å². The first-order chi connectivity index (χ1) is 10.2. The van der Waals surface area contributed by atoms with E-state index in [-0.39, 0.29) is 11.6 Å². The van der Waals surface area contributed by atoms with Gasteiger partial charge in [-0.3, -0.25) is 10.1 Å². The van der Waals surface area contributed by atoms with Gasteiger partial charge in [-0.05, 0) is 31.4 Å². The van der Waals surface area contributed by atoms with Crippen LogP contribution < -0.4 is 11.1 Å². The maximum absolute atomic E-state index is 11.5. The largest absolute Gasteiger partial charge is 0.377 e. The molecule has 2 aromatic rings. The second-order valence-corrected chi connectivity index (χ2v) is 6.03. The van der Waals surface area contributed by atoms with Gasteiger partial charge in [-0.25, -0.2) is 4.98 Å². The number of nitrogens with one attached hydrogen (secondary N) is 2. The van der Waals surface area contributed by atoms with E-state index in [4.69, 9.17) is 10.5 Å². The van der Waals surface area contributed by atoms with Crippen molar-refractivity contribution < 1.29 is 9.53 Å². The Morgan fingerprint density at radius 3 is 3.00 bits per heavy atom. The molecule has 110 valence electrons. The van der Waals surface area contributed by atoms with Crippen LogP contribution in [-0.4, -0.2) is 34.6 Å². The average Bonchev–Trinajstić information content (AvgIpc) is 2.89. The molecule has 1 aromatic carbocycles. The average molecular weight is 286 g/mol. The molecule has 1 aromatic heterocycles. The molecule has 6 heteroatoms. The van der Waals surface area contributed by atoms with Gasteiger partial charge >= 0.3 is 0 Å². The number of hydrogen-bond donors (Lipinski definition) is 3. The number of rotatable bonds is 2. The van der Waals surface area contributed by atoms with Crippen LogP contribution in [0, 0.1) is 0 Å². The number of nitrogens with two attached hydrogens (primary N) is 1. The SMILES string of the molecule is NC(=O)c1cccc2[nH]c(C3COCC4(CCC4)N3)nc12. The third-order valence-electron chi connectivity index (χ3n) is 4.58. The number of morpholine rings is 1. The van der Waals surface area contributed by atoms with Crippen LogP contribution in [0.1, 0.15) is 41.5 Å². The van der Waals surface area contributed by atoms with Crippen molar-refractivity contribution in [3.63, 3.8) is 0 Å². The second kappa shape index (κ2) is 4.54. The summed E-state index contributed by atoms with van der Waals surface area (Å²) in [7, 11) is 0. The molecule has 1 aliphatic carbocycles. The van der Waals surface area contributed by atoms with Crippen molar-refractivity contribution in [3.05, 3.63) is 29.6 Å². The van der Waals surface area contributed by atoms with Crippen molar-refractivity contribution in [2.24, 2.45) is 5.73 Å². The predicted molar refractivity (Wildman–Crippen MR) is 77.9 cm³/mol. The van der Waals surface area contributed by atoms with Gasteiger partial charge in [0.05, 0.1) is 30.3 Å². The first kappa shape index (κ1) is 12.8. The van der Waals surface area contributed by atoms with E-state index in [1.165, 1.54) is 6.42 Å². The van der Waals surface area contributed by atoms with E-state index in [2.05, 4.69) is 15.3 Å². The number of aromatic amines is 1. The standard InChI is InChI=1S/C15H18N4O2/c16-13(20)9-3-1-4-10-12(9)18-14(17-10)11-7-21-8-15(19-11)5-2-6-15/h1,3-4,11,19H,2,5-8H2,(H2,16,20)(H,17,18). The molecule has 1 saturated heterocycles. The summed E-state index contributed by atoms with van der Waals surface area (Å²) in [4.78, 5) is 19.4. The summed E-state index contributed by atoms with van der Waals surface area (Å²) in [5, 5.41) is 3.66. The molecule has 2 fully saturated rings. The fourth-order valence-electron chi connectivity index (χ4n) is 3.28. The Bertz CT molecular complexity index is 705. The van der Waals surface area contributed by atoms with Crippen molar-refractivity contribution in [1.29, 1.82) is 0 Å². The van der Waals surface area contributed by atoms with Gasteiger partial charge < -0.3 is 15.5 Å². The van der Waals surface area contributed by atoms with Crippen molar-refractivity contribution in [3.8, 4) is 0 Å². The lowest BCUT2D eigenvalue weighted by Gasteiger charge is -2.47. The molecule has 4 N–H and O–H groups in total. The number of carbonyl (C=O) groups excluding carboxylic acids is 1. The Kier molecular flexibility index (Phi) is 2.77. The lowest BCUT2D eigenvalue weighted by Crippen LogP contribution is -2.59. The summed E-state index contributed by atoms with van der Waals surface area (Å²) >= 11 is 0. The third-order valence-corrected chi connectivity index (χ3v) is 4.58. The number of imidazole rings is 1. The lowest BCUT2D eigenvalue weighted by molar-refractivity contribution is -0.0385. The number of carbonyl (C=O) groups is 1. The smallest absolute Gasteiger partial charge is 0.250 e. The van der Waals surface area contributed by atoms with E-state index in [0.717, 1.165) is 30.8 Å². The normalized spacial score (nSPS) is 24.1. The van der Waals surface area contributed by atoms with Gasteiger partial charge in [0, 0.05) is 5.54 Å². The third kappa shape index (κ3) is 2.02. The van der Waals surface area contributed by atoms with Crippen molar-refractivity contribution in [2.45, 2.75) is 30.8 Å². The van der Waals surface area contributed by atoms with Gasteiger partial charge in [0.1, 0.15) is 11.3 Å². The zero-order valence-corrected chi connectivity index (χ0v) is 11.7. The highest BCUT2D eigenvalue weighted by Crippen LogP contribution is 2.37. The minimum absolute atomic E-state index is 0.0344. The summed E-state index contributed by atoms with van der Waals surface area (Å²) in [6, 6.07) is 5.45. The highest BCUT2D eigenvalue weighted by atomic mass is 16.5. The summed E-state index contributed by atoms with van der Waals surface area (Å²) < 4.78 is 5.75. The predicted octanol–water partition coefficient (Wildman–Crippen LogP) is 1.25. The number of fused-ring (bicyclic) bond motifs is 1. The molecule has 2 heterocycles. The Balaban J connectivity index is 1.70. The van der Waals surface area contributed by atoms with Crippen LogP contribution >= 0.6 is 0 Å². The summed E-state index contributed by atoms with van der Waals surface area (Å²) in [5.41, 5.74) is 7.44. The number of aromatic nitrogens is 2. The zero-order chi connectivity index (χ0) is 14.4. The minimum atomic E-state index is -0.457. The summed E-state index contributed by atoms with van der Waals surface area (Å²) in [6.07, 6.45) is 3.54. The minimum Gasteiger partial charge on any atom is -0.377 e. The van der Waals surface area contributed by atoms with E-state index >= 15 is 0 Å². The Labute approximate surface area is 122 Å². The van der Waals surface area contributed by atoms with Crippen molar-refractivity contribution in [1.82, 2.24) is 15.3 Å². The molecule has 1 spiro atoms. The number of amides is 1. The van der Waals surface area contributed by atoms with Crippen LogP contribution in [0.3, 0.4) is 0 Å². The first-order valence-electron chi connectivity index (χ1n) is 7.31. The fourth-order valence-corrected chi connectivity index (χ4v) is 3.28. The summed E-state index contributed by atoms with van der Waals surface area (Å²) in [5.74, 6) is 0.353. The van der Waals surface area contributed by atoms with Crippen LogP contribution in [0.25, 0.3) is 11.0 Å². The quantitative estimate of drug-likeness (QED) is 0.774. The molecule has 1 aliphatic heterocycles. The fraction of sp³-hybridized carbons (Fsp3) is 0.467. The number of nitrogens with zero attached hydrogens (tertiary/aromatic N) is 1. The molecule has 21 heavy (non-hydrogen) atoms. The summed E-state index contributed by atoms with van der Waals surface area (Å²) in [6.45, 7) is 1.36. The lowest BCUT2D eigenvalue weighted by atomic mass is 9.76. The number of benzene rings is 1. The number of ether oxygens (including phenoxy) is 1. The molecular weight excluding hydrogens is 268 g/mol. The number of hydrogen-bond acceptors (Lipinski definition) is 4. The highest BCUT2D eigenvalue weighted by Gasteiger charge is 2.42. The topological polar surface area (TPSA) is 93.0 Å². The molecular formula is C15H18N4O2. The van der Waals surface area contributed by atoms with Gasteiger partial charge in [0.25, 0.3) is 5.91 Å². The molecule has 2 aliphatic rings. The molecule has 1 amide bonds. The van der Waals surface area contributed by atoms with Crippen LogP contribution in [-0.2, 0) is 4.74 Å². The van der Waals surface area contributed by atoms with Gasteiger partial charge in [0.15, 0.2) is 0 Å². The van der Waals surface area contributed by atoms with Gasteiger partial charge in [-0.2, -0.15) is 0 Å². The van der Waals surface area contributed by atoms with E-state index < -0.39 is 5.91 Å². The van der Waals surface area contributed by atoms with Crippen LogP contribution in [0.5, 0.6) is 0 Å². The van der Waals surface area contributed by atoms with E-state index in [9.17, 15) is 4.79 Å². The number of H-pyrrole nitrogens is 1. The molecule has 1 atom stereocenters. The Morgan fingerprint density at radius 1 is 1.43 bits per heavy atom. The van der Waals surface area contributed by atoms with E-state index in [1.807, 2.05) is 12.1 Å². The van der Waals surface area contributed by atoms with Crippen LogP contribution in [0.2, 0.25) is 0 Å². The Morgan fingerprint density at radius 2 is 2.29 bits per heavy atom. The van der Waals surface area contributed by atoms with Crippen LogP contribution in [0.15, 0.2) is 18.2 Å². The first-order valence-corrected chi connectivity index (χ1v) is 7.31. The van der Waals surface area contributed by atoms with E-state index in [1.54, 1.807) is 6.07 Å². The number of para-hydroxylation sites is 1. The maximum atomic E-state index is 11.5. The monoisotopic (exact) mass is 286 g/mol. The molecule has 1 unspecified atom stereocenters. The van der Waals surface area contributed by atoms with Gasteiger partial charge in [-0.1, -0.05) is 6.07 Å². The second-order valence-electron chi connectivity index (χ2n) is 6.03. The van der Waals surface area contributed by atoms with Crippen LogP contribution in [0.4, 0.5) is 0 Å². The Hall–Kier alpha value is -1.92. The molecule has 0 radical (unpaired) electrons. The molecule has 4 rings (SSSR count). The molecule has 0 bridgehead atoms. The van der Waals surface area contributed by atoms with E-state index in [0.29, 0.717) is 17.7 Å². The number of primary amides is 1. The van der Waals surface area contributed by atoms with Gasteiger partial charge in [0.2, 0.25) is 0 Å². The zero-order valence-electron chi connectivity index (χ0n) is 11.7. The van der Waals surface area contributed by atoms with Gasteiger partial charge in [-0.15, -0.1) is 0 Å². The molecule has 1 saturated carbocycles.